The summed E-state index contributed by atoms with van der Waals surface area (Å²) in [5, 5.41) is 0. The molecule has 0 saturated heterocycles. The highest BCUT2D eigenvalue weighted by Crippen LogP contribution is 2.21. The summed E-state index contributed by atoms with van der Waals surface area (Å²) in [6.07, 6.45) is 0. The summed E-state index contributed by atoms with van der Waals surface area (Å²) in [4.78, 5) is 35.4. The molecule has 0 atom stereocenters. The Morgan fingerprint density at radius 2 is 1.56 bits per heavy atom. The topological polar surface area (TPSA) is 63.7 Å². The van der Waals surface area contributed by atoms with Crippen LogP contribution in [0.4, 0.5) is 0 Å². The quantitative estimate of drug-likeness (QED) is 0.588. The van der Waals surface area contributed by atoms with Crippen LogP contribution in [0.5, 0.6) is 0 Å². The molecule has 0 aromatic heterocycles. The first-order valence-electron chi connectivity index (χ1n) is 5.67. The molecule has 18 heavy (non-hydrogen) atoms. The standard InChI is InChI=1S/C11H9NO4.C2H6/c1-16-9(13)6-12-10(14)7-4-2-3-5-8(7)11(12)15;1-2/h2-5H,6H2,1H3;1-2H3. The van der Waals surface area contributed by atoms with E-state index in [1.54, 1.807) is 24.3 Å². The van der Waals surface area contributed by atoms with Gasteiger partial charge in [-0.2, -0.15) is 0 Å². The number of ether oxygens (including phenoxy) is 1. The number of carbonyl (C=O) groups is 3. The second-order valence-electron chi connectivity index (χ2n) is 3.32. The van der Waals surface area contributed by atoms with Gasteiger partial charge in [0.25, 0.3) is 11.8 Å². The number of benzene rings is 1. The van der Waals surface area contributed by atoms with Crippen molar-refractivity contribution in [1.82, 2.24) is 4.90 Å². The van der Waals surface area contributed by atoms with E-state index in [2.05, 4.69) is 4.74 Å². The number of fused-ring (bicyclic) bond motifs is 1. The van der Waals surface area contributed by atoms with Crippen LogP contribution >= 0.6 is 0 Å². The molecular weight excluding hydrogens is 234 g/mol. The molecule has 0 bridgehead atoms. The largest absolute Gasteiger partial charge is 0.468 e. The predicted octanol–water partition coefficient (Wildman–Crippen LogP) is 1.48. The van der Waals surface area contributed by atoms with Crippen molar-refractivity contribution in [3.8, 4) is 0 Å². The van der Waals surface area contributed by atoms with Crippen LogP contribution in [0.25, 0.3) is 0 Å². The Morgan fingerprint density at radius 1 is 1.11 bits per heavy atom. The third kappa shape index (κ3) is 2.40. The average Bonchev–Trinajstić information content (AvgIpc) is 2.66. The summed E-state index contributed by atoms with van der Waals surface area (Å²) in [5.41, 5.74) is 0.660. The molecule has 0 spiro atoms. The SMILES string of the molecule is CC.COC(=O)CN1C(=O)c2ccccc2C1=O. The third-order valence-corrected chi connectivity index (χ3v) is 2.39. The van der Waals surface area contributed by atoms with Gasteiger partial charge in [0.15, 0.2) is 0 Å². The fraction of sp³-hybridized carbons (Fsp3) is 0.308. The van der Waals surface area contributed by atoms with Crippen LogP contribution in [0.3, 0.4) is 0 Å². The van der Waals surface area contributed by atoms with Gasteiger partial charge >= 0.3 is 5.97 Å². The maximum atomic E-state index is 11.8. The monoisotopic (exact) mass is 249 g/mol. The summed E-state index contributed by atoms with van der Waals surface area (Å²) in [7, 11) is 1.21. The highest BCUT2D eigenvalue weighted by Gasteiger charge is 2.36. The lowest BCUT2D eigenvalue weighted by Gasteiger charge is -2.11. The summed E-state index contributed by atoms with van der Waals surface area (Å²) in [6.45, 7) is 3.66. The molecule has 96 valence electrons. The van der Waals surface area contributed by atoms with Gasteiger partial charge in [0.1, 0.15) is 6.54 Å². The first-order valence-corrected chi connectivity index (χ1v) is 5.67. The number of imide groups is 1. The Balaban J connectivity index is 0.000000771. The molecule has 5 nitrogen and oxygen atoms in total. The van der Waals surface area contributed by atoms with Gasteiger partial charge in [-0.1, -0.05) is 26.0 Å². The normalized spacial score (nSPS) is 12.7. The van der Waals surface area contributed by atoms with Crippen molar-refractivity contribution in [2.45, 2.75) is 13.8 Å². The zero-order chi connectivity index (χ0) is 13.7. The van der Waals surface area contributed by atoms with E-state index in [0.29, 0.717) is 11.1 Å². The van der Waals surface area contributed by atoms with E-state index in [4.69, 9.17) is 0 Å². The molecule has 0 radical (unpaired) electrons. The number of hydrogen-bond donors (Lipinski definition) is 0. The minimum Gasteiger partial charge on any atom is -0.468 e. The summed E-state index contributed by atoms with van der Waals surface area (Å²) < 4.78 is 4.42. The van der Waals surface area contributed by atoms with Gasteiger partial charge in [0.2, 0.25) is 0 Å². The van der Waals surface area contributed by atoms with Crippen LogP contribution in [0, 0.1) is 0 Å². The van der Waals surface area contributed by atoms with Crippen molar-refractivity contribution in [3.63, 3.8) is 0 Å². The highest BCUT2D eigenvalue weighted by molar-refractivity contribution is 6.22. The van der Waals surface area contributed by atoms with E-state index in [1.165, 1.54) is 7.11 Å². The molecule has 2 rings (SSSR count). The number of hydrogen-bond acceptors (Lipinski definition) is 4. The predicted molar refractivity (Wildman–Crippen MR) is 65.2 cm³/mol. The summed E-state index contributed by atoms with van der Waals surface area (Å²) >= 11 is 0. The molecule has 1 aliphatic rings. The van der Waals surface area contributed by atoms with Crippen LogP contribution in [0.2, 0.25) is 0 Å². The minimum atomic E-state index is -0.616. The number of nitrogens with zero attached hydrogens (tertiary/aromatic N) is 1. The zero-order valence-electron chi connectivity index (χ0n) is 10.6. The fourth-order valence-corrected chi connectivity index (χ4v) is 1.58. The molecule has 1 aromatic carbocycles. The minimum absolute atomic E-state index is 0.330. The van der Waals surface area contributed by atoms with Crippen LogP contribution in [-0.4, -0.2) is 36.3 Å². The number of amides is 2. The van der Waals surface area contributed by atoms with Gasteiger partial charge < -0.3 is 4.74 Å². The summed E-state index contributed by atoms with van der Waals surface area (Å²) in [5.74, 6) is -1.52. The molecule has 0 unspecified atom stereocenters. The second kappa shape index (κ2) is 5.95. The molecule has 0 aliphatic carbocycles. The smallest absolute Gasteiger partial charge is 0.325 e. The highest BCUT2D eigenvalue weighted by atomic mass is 16.5. The van der Waals surface area contributed by atoms with E-state index in [9.17, 15) is 14.4 Å². The lowest BCUT2D eigenvalue weighted by Crippen LogP contribution is -2.35. The molecule has 5 heteroatoms. The van der Waals surface area contributed by atoms with Crippen molar-refractivity contribution in [3.05, 3.63) is 35.4 Å². The Morgan fingerprint density at radius 3 is 1.94 bits per heavy atom. The molecule has 1 aliphatic heterocycles. The fourth-order valence-electron chi connectivity index (χ4n) is 1.58. The number of esters is 1. The zero-order valence-corrected chi connectivity index (χ0v) is 10.6. The molecule has 0 N–H and O–H groups in total. The molecule has 0 fully saturated rings. The van der Waals surface area contributed by atoms with Gasteiger partial charge in [0, 0.05) is 0 Å². The Labute approximate surface area is 105 Å². The Hall–Kier alpha value is -2.17. The first-order chi connectivity index (χ1) is 8.65. The van der Waals surface area contributed by atoms with Gasteiger partial charge in [-0.05, 0) is 12.1 Å². The van der Waals surface area contributed by atoms with Crippen molar-refractivity contribution in [2.75, 3.05) is 13.7 Å². The van der Waals surface area contributed by atoms with Crippen LogP contribution in [-0.2, 0) is 9.53 Å². The maximum absolute atomic E-state index is 11.8. The number of carbonyl (C=O) groups excluding carboxylic acids is 3. The third-order valence-electron chi connectivity index (χ3n) is 2.39. The van der Waals surface area contributed by atoms with E-state index in [1.807, 2.05) is 13.8 Å². The van der Waals surface area contributed by atoms with E-state index in [0.717, 1.165) is 4.90 Å². The van der Waals surface area contributed by atoms with Crippen molar-refractivity contribution in [2.24, 2.45) is 0 Å². The van der Waals surface area contributed by atoms with Crippen molar-refractivity contribution >= 4 is 17.8 Å². The van der Waals surface area contributed by atoms with Crippen molar-refractivity contribution < 1.29 is 19.1 Å². The molecule has 0 saturated carbocycles. The van der Waals surface area contributed by atoms with Gasteiger partial charge in [-0.3, -0.25) is 19.3 Å². The van der Waals surface area contributed by atoms with Gasteiger partial charge in [0.05, 0.1) is 18.2 Å². The van der Waals surface area contributed by atoms with E-state index >= 15 is 0 Å². The van der Waals surface area contributed by atoms with Crippen LogP contribution < -0.4 is 0 Å². The second-order valence-corrected chi connectivity index (χ2v) is 3.32. The molecule has 1 aromatic rings. The molecule has 2 amide bonds. The average molecular weight is 249 g/mol. The van der Waals surface area contributed by atoms with Gasteiger partial charge in [-0.15, -0.1) is 0 Å². The Bertz CT molecular complexity index is 447. The molecular formula is C13H15NO4. The van der Waals surface area contributed by atoms with Crippen molar-refractivity contribution in [1.29, 1.82) is 0 Å². The maximum Gasteiger partial charge on any atom is 0.325 e. The van der Waals surface area contributed by atoms with E-state index < -0.39 is 17.8 Å². The lowest BCUT2D eigenvalue weighted by atomic mass is 10.1. The van der Waals surface area contributed by atoms with E-state index in [-0.39, 0.29) is 6.54 Å². The lowest BCUT2D eigenvalue weighted by molar-refractivity contribution is -0.140. The first kappa shape index (κ1) is 13.9. The number of methoxy groups -OCH3 is 1. The Kier molecular flexibility index (Phi) is 4.59. The summed E-state index contributed by atoms with van der Waals surface area (Å²) in [6, 6.07) is 6.47. The molecule has 1 heterocycles. The van der Waals surface area contributed by atoms with Crippen LogP contribution in [0.1, 0.15) is 34.6 Å². The number of rotatable bonds is 2. The van der Waals surface area contributed by atoms with Gasteiger partial charge in [-0.25, -0.2) is 0 Å². The van der Waals surface area contributed by atoms with Crippen LogP contribution in [0.15, 0.2) is 24.3 Å².